The van der Waals surface area contributed by atoms with Gasteiger partial charge in [-0.05, 0) is 12.3 Å². The Morgan fingerprint density at radius 2 is 2.06 bits per heavy atom. The number of carbonyl (C=O) groups excluding carboxylic acids is 2. The number of hydrogen-bond donors (Lipinski definition) is 3. The van der Waals surface area contributed by atoms with E-state index in [1.165, 1.54) is 0 Å². The number of carbonyl (C=O) groups is 2. The van der Waals surface area contributed by atoms with Crippen LogP contribution in [0.15, 0.2) is 12.2 Å². The molecule has 5 heteroatoms. The lowest BCUT2D eigenvalue weighted by Gasteiger charge is -2.19. The van der Waals surface area contributed by atoms with Crippen LogP contribution in [-0.2, 0) is 9.59 Å². The van der Waals surface area contributed by atoms with E-state index in [0.717, 1.165) is 6.42 Å². The van der Waals surface area contributed by atoms with Gasteiger partial charge in [-0.15, -0.1) is 0 Å². The van der Waals surface area contributed by atoms with E-state index in [0.29, 0.717) is 17.9 Å². The number of primary amides is 1. The molecule has 0 rings (SSSR count). The molecule has 4 N–H and O–H groups in total. The molecule has 0 fully saturated rings. The summed E-state index contributed by atoms with van der Waals surface area (Å²) < 4.78 is 0. The van der Waals surface area contributed by atoms with Gasteiger partial charge in [-0.3, -0.25) is 9.59 Å². The molecule has 2 atom stereocenters. The standard InChI is InChI=1S/C12H22N2O3/c1-4-8(2)5-11(12(13)16)9(3)6-10(15)7-14-17/h8,11,14,17H,3-7H2,1-2H3,(H2,13,16)/t8-,11-/m1/s1. The summed E-state index contributed by atoms with van der Waals surface area (Å²) in [7, 11) is 0. The zero-order valence-electron chi connectivity index (χ0n) is 10.5. The monoisotopic (exact) mass is 242 g/mol. The lowest BCUT2D eigenvalue weighted by atomic mass is 9.86. The van der Waals surface area contributed by atoms with E-state index in [2.05, 4.69) is 6.58 Å². The second kappa shape index (κ2) is 7.97. The zero-order chi connectivity index (χ0) is 13.4. The summed E-state index contributed by atoms with van der Waals surface area (Å²) in [6.45, 7) is 7.67. The Hall–Kier alpha value is -1.20. The normalized spacial score (nSPS) is 14.1. The van der Waals surface area contributed by atoms with E-state index < -0.39 is 11.8 Å². The molecule has 0 aromatic heterocycles. The van der Waals surface area contributed by atoms with Crippen molar-refractivity contribution in [3.8, 4) is 0 Å². The number of amides is 1. The van der Waals surface area contributed by atoms with Crippen LogP contribution in [0, 0.1) is 11.8 Å². The van der Waals surface area contributed by atoms with E-state index in [-0.39, 0.29) is 18.7 Å². The summed E-state index contributed by atoms with van der Waals surface area (Å²) in [5.74, 6) is -0.768. The Bertz CT molecular complexity index is 289. The molecule has 0 aromatic carbocycles. The molecular weight excluding hydrogens is 220 g/mol. The Balaban J connectivity index is 4.45. The number of hydroxylamine groups is 1. The van der Waals surface area contributed by atoms with Gasteiger partial charge in [-0.25, -0.2) is 0 Å². The van der Waals surface area contributed by atoms with Crippen molar-refractivity contribution < 1.29 is 14.8 Å². The number of rotatable bonds is 9. The predicted octanol–water partition coefficient (Wildman–Crippen LogP) is 1.02. The van der Waals surface area contributed by atoms with E-state index >= 15 is 0 Å². The molecule has 1 amide bonds. The molecule has 17 heavy (non-hydrogen) atoms. The van der Waals surface area contributed by atoms with Gasteiger partial charge >= 0.3 is 0 Å². The summed E-state index contributed by atoms with van der Waals surface area (Å²) in [4.78, 5) is 22.6. The van der Waals surface area contributed by atoms with E-state index in [4.69, 9.17) is 10.9 Å². The van der Waals surface area contributed by atoms with Crippen molar-refractivity contribution >= 4 is 11.7 Å². The average molecular weight is 242 g/mol. The summed E-state index contributed by atoms with van der Waals surface area (Å²) in [5.41, 5.74) is 7.63. The van der Waals surface area contributed by atoms with Crippen LogP contribution in [-0.4, -0.2) is 23.4 Å². The van der Waals surface area contributed by atoms with Gasteiger partial charge in [0.25, 0.3) is 0 Å². The van der Waals surface area contributed by atoms with Crippen molar-refractivity contribution in [1.82, 2.24) is 5.48 Å². The molecule has 0 aliphatic carbocycles. The number of nitrogens with two attached hydrogens (primary N) is 1. The predicted molar refractivity (Wildman–Crippen MR) is 65.3 cm³/mol. The third-order valence-corrected chi connectivity index (χ3v) is 2.87. The highest BCUT2D eigenvalue weighted by Gasteiger charge is 2.22. The molecule has 0 saturated heterocycles. The van der Waals surface area contributed by atoms with Crippen LogP contribution in [0.25, 0.3) is 0 Å². The SMILES string of the molecule is C=C(CC(=O)CNO)[C@@H](C[C@H](C)CC)C(N)=O. The van der Waals surface area contributed by atoms with Crippen LogP contribution in [0.5, 0.6) is 0 Å². The lowest BCUT2D eigenvalue weighted by Crippen LogP contribution is -2.28. The first-order valence-corrected chi connectivity index (χ1v) is 5.77. The molecule has 0 heterocycles. The van der Waals surface area contributed by atoms with Crippen molar-refractivity contribution in [2.75, 3.05) is 6.54 Å². The molecule has 5 nitrogen and oxygen atoms in total. The molecule has 98 valence electrons. The number of ketones is 1. The third kappa shape index (κ3) is 6.19. The molecule has 0 unspecified atom stereocenters. The van der Waals surface area contributed by atoms with Gasteiger partial charge in [0.1, 0.15) is 0 Å². The largest absolute Gasteiger partial charge is 0.369 e. The summed E-state index contributed by atoms with van der Waals surface area (Å²) in [6.07, 6.45) is 1.63. The molecular formula is C12H22N2O3. The van der Waals surface area contributed by atoms with Gasteiger partial charge in [0.05, 0.1) is 12.5 Å². The second-order valence-corrected chi connectivity index (χ2v) is 4.41. The van der Waals surface area contributed by atoms with Crippen molar-refractivity contribution in [3.63, 3.8) is 0 Å². The van der Waals surface area contributed by atoms with Crippen molar-refractivity contribution in [2.24, 2.45) is 17.6 Å². The summed E-state index contributed by atoms with van der Waals surface area (Å²) in [5, 5.41) is 8.39. The minimum atomic E-state index is -0.465. The molecule has 0 spiro atoms. The zero-order valence-corrected chi connectivity index (χ0v) is 10.5. The van der Waals surface area contributed by atoms with Gasteiger partial charge in [-0.2, -0.15) is 5.48 Å². The van der Waals surface area contributed by atoms with Gasteiger partial charge in [0.15, 0.2) is 5.78 Å². The van der Waals surface area contributed by atoms with E-state index in [1.54, 1.807) is 5.48 Å². The topological polar surface area (TPSA) is 92.4 Å². The van der Waals surface area contributed by atoms with Crippen LogP contribution in [0.4, 0.5) is 0 Å². The third-order valence-electron chi connectivity index (χ3n) is 2.87. The van der Waals surface area contributed by atoms with Crippen LogP contribution < -0.4 is 11.2 Å². The minimum Gasteiger partial charge on any atom is -0.369 e. The smallest absolute Gasteiger partial charge is 0.224 e. The Morgan fingerprint density at radius 3 is 2.47 bits per heavy atom. The Kier molecular flexibility index (Phi) is 7.41. The van der Waals surface area contributed by atoms with Crippen LogP contribution >= 0.6 is 0 Å². The first kappa shape index (κ1) is 15.8. The fraction of sp³-hybridized carbons (Fsp3) is 0.667. The maximum Gasteiger partial charge on any atom is 0.224 e. The number of hydrogen-bond acceptors (Lipinski definition) is 4. The minimum absolute atomic E-state index is 0.0671. The fourth-order valence-electron chi connectivity index (χ4n) is 1.58. The molecule has 0 saturated carbocycles. The molecule has 0 aromatic rings. The molecule has 0 radical (unpaired) electrons. The average Bonchev–Trinajstić information content (AvgIpc) is 2.24. The van der Waals surface area contributed by atoms with Gasteiger partial charge in [-0.1, -0.05) is 32.4 Å². The van der Waals surface area contributed by atoms with Crippen molar-refractivity contribution in [2.45, 2.75) is 33.1 Å². The van der Waals surface area contributed by atoms with Crippen LogP contribution in [0.3, 0.4) is 0 Å². The van der Waals surface area contributed by atoms with Gasteiger partial charge < -0.3 is 10.9 Å². The first-order valence-electron chi connectivity index (χ1n) is 5.77. The van der Waals surface area contributed by atoms with Crippen LogP contribution in [0.2, 0.25) is 0 Å². The molecule has 0 aliphatic heterocycles. The highest BCUT2D eigenvalue weighted by molar-refractivity contribution is 5.86. The maximum atomic E-state index is 11.3. The van der Waals surface area contributed by atoms with Crippen molar-refractivity contribution in [1.29, 1.82) is 0 Å². The highest BCUT2D eigenvalue weighted by atomic mass is 16.5. The van der Waals surface area contributed by atoms with Gasteiger partial charge in [0.2, 0.25) is 5.91 Å². The first-order chi connectivity index (χ1) is 7.92. The highest BCUT2D eigenvalue weighted by Crippen LogP contribution is 2.23. The van der Waals surface area contributed by atoms with E-state index in [1.807, 2.05) is 13.8 Å². The second-order valence-electron chi connectivity index (χ2n) is 4.41. The fourth-order valence-corrected chi connectivity index (χ4v) is 1.58. The van der Waals surface area contributed by atoms with Crippen LogP contribution in [0.1, 0.15) is 33.1 Å². The lowest BCUT2D eigenvalue weighted by molar-refractivity contribution is -0.121. The Morgan fingerprint density at radius 1 is 1.47 bits per heavy atom. The van der Waals surface area contributed by atoms with Crippen molar-refractivity contribution in [3.05, 3.63) is 12.2 Å². The maximum absolute atomic E-state index is 11.3. The Labute approximate surface area is 102 Å². The number of Topliss-reactive ketones (excluding diaryl/α,β-unsaturated/α-hetero) is 1. The number of nitrogens with one attached hydrogen (secondary N) is 1. The summed E-state index contributed by atoms with van der Waals surface area (Å²) in [6, 6.07) is 0. The molecule has 0 bridgehead atoms. The molecule has 0 aliphatic rings. The summed E-state index contributed by atoms with van der Waals surface area (Å²) >= 11 is 0. The van der Waals surface area contributed by atoms with Gasteiger partial charge in [0, 0.05) is 6.42 Å². The quantitative estimate of drug-likeness (QED) is 0.416. The van der Waals surface area contributed by atoms with E-state index in [9.17, 15) is 9.59 Å².